The molecular formula is C48H34N2. The summed E-state index contributed by atoms with van der Waals surface area (Å²) in [5, 5.41) is 3.83. The first kappa shape index (κ1) is 29.5. The van der Waals surface area contributed by atoms with E-state index in [1.54, 1.807) is 0 Å². The van der Waals surface area contributed by atoms with Gasteiger partial charge in [0.2, 0.25) is 0 Å². The van der Waals surface area contributed by atoms with Crippen molar-refractivity contribution in [1.29, 1.82) is 0 Å². The molecule has 9 rings (SSSR count). The van der Waals surface area contributed by atoms with Crippen LogP contribution in [0, 0.1) is 0 Å². The zero-order valence-corrected chi connectivity index (χ0v) is 27.5. The Morgan fingerprint density at radius 1 is 0.300 bits per heavy atom. The van der Waals surface area contributed by atoms with Gasteiger partial charge < -0.3 is 9.47 Å². The number of rotatable bonds is 7. The Hall–Kier alpha value is -6.64. The van der Waals surface area contributed by atoms with Crippen LogP contribution in [0.2, 0.25) is 0 Å². The number of fused-ring (bicyclic) bond motifs is 3. The predicted molar refractivity (Wildman–Crippen MR) is 212 cm³/mol. The van der Waals surface area contributed by atoms with E-state index >= 15 is 0 Å². The molecule has 0 unspecified atom stereocenters. The fourth-order valence-corrected chi connectivity index (χ4v) is 7.06. The summed E-state index contributed by atoms with van der Waals surface area (Å²) in [4.78, 5) is 2.33. The zero-order chi connectivity index (χ0) is 33.3. The molecule has 236 valence electrons. The van der Waals surface area contributed by atoms with Gasteiger partial charge in [-0.3, -0.25) is 0 Å². The molecule has 0 bridgehead atoms. The lowest BCUT2D eigenvalue weighted by molar-refractivity contribution is 1.13. The Balaban J connectivity index is 1.03. The van der Waals surface area contributed by atoms with Crippen LogP contribution in [0.5, 0.6) is 0 Å². The summed E-state index contributed by atoms with van der Waals surface area (Å²) in [7, 11) is 0. The Bertz CT molecular complexity index is 2450. The number of anilines is 3. The van der Waals surface area contributed by atoms with Crippen LogP contribution in [0.15, 0.2) is 206 Å². The molecule has 0 saturated heterocycles. The Kier molecular flexibility index (Phi) is 7.53. The molecular weight excluding hydrogens is 605 g/mol. The highest BCUT2D eigenvalue weighted by Gasteiger charge is 2.14. The Morgan fingerprint density at radius 3 is 1.22 bits per heavy atom. The highest BCUT2D eigenvalue weighted by atomic mass is 15.1. The van der Waals surface area contributed by atoms with Crippen molar-refractivity contribution < 1.29 is 0 Å². The van der Waals surface area contributed by atoms with Gasteiger partial charge in [0.05, 0.1) is 5.52 Å². The van der Waals surface area contributed by atoms with Gasteiger partial charge in [-0.25, -0.2) is 0 Å². The van der Waals surface area contributed by atoms with Gasteiger partial charge in [0.25, 0.3) is 0 Å². The standard InChI is InChI=1S/C48H34N2/c1-3-9-35(10-4-1)37-17-26-43(27-18-37)50(44-28-19-38(20-29-44)36-11-5-2-6-12-36)45-30-21-40(22-31-45)39-15-24-42(25-16-39)49-34-33-47-46-14-8-7-13-41(46)23-32-48(47)49/h1-34H. The van der Waals surface area contributed by atoms with E-state index < -0.39 is 0 Å². The number of hydrogen-bond acceptors (Lipinski definition) is 1. The Labute approximate surface area is 292 Å². The summed E-state index contributed by atoms with van der Waals surface area (Å²) < 4.78 is 2.28. The minimum atomic E-state index is 1.11. The fourth-order valence-electron chi connectivity index (χ4n) is 7.06. The average Bonchev–Trinajstić information content (AvgIpc) is 3.65. The third-order valence-corrected chi connectivity index (χ3v) is 9.67. The fraction of sp³-hybridized carbons (Fsp3) is 0. The van der Waals surface area contributed by atoms with E-state index in [0.717, 1.165) is 22.7 Å². The second-order valence-electron chi connectivity index (χ2n) is 12.7. The maximum absolute atomic E-state index is 2.33. The van der Waals surface area contributed by atoms with Crippen LogP contribution in [0.4, 0.5) is 17.1 Å². The van der Waals surface area contributed by atoms with E-state index in [1.165, 1.54) is 55.1 Å². The lowest BCUT2D eigenvalue weighted by atomic mass is 10.0. The van der Waals surface area contributed by atoms with Gasteiger partial charge in [-0.05, 0) is 105 Å². The molecule has 0 radical (unpaired) electrons. The van der Waals surface area contributed by atoms with Crippen molar-refractivity contribution in [1.82, 2.24) is 4.57 Å². The first-order valence-corrected chi connectivity index (χ1v) is 17.1. The van der Waals surface area contributed by atoms with Crippen LogP contribution < -0.4 is 4.90 Å². The summed E-state index contributed by atoms with van der Waals surface area (Å²) in [6.45, 7) is 0. The van der Waals surface area contributed by atoms with Crippen molar-refractivity contribution in [2.75, 3.05) is 4.90 Å². The lowest BCUT2D eigenvalue weighted by Crippen LogP contribution is -2.09. The summed E-state index contributed by atoms with van der Waals surface area (Å²) in [6.07, 6.45) is 2.17. The summed E-state index contributed by atoms with van der Waals surface area (Å²) in [6, 6.07) is 71.8. The molecule has 2 nitrogen and oxygen atoms in total. The highest BCUT2D eigenvalue weighted by Crippen LogP contribution is 2.38. The molecule has 0 aliphatic heterocycles. The third kappa shape index (κ3) is 5.53. The molecule has 0 aliphatic carbocycles. The van der Waals surface area contributed by atoms with E-state index in [9.17, 15) is 0 Å². The third-order valence-electron chi connectivity index (χ3n) is 9.67. The van der Waals surface area contributed by atoms with E-state index in [4.69, 9.17) is 0 Å². The number of aromatic nitrogens is 1. The first-order chi connectivity index (χ1) is 24.8. The van der Waals surface area contributed by atoms with Gasteiger partial charge in [-0.15, -0.1) is 0 Å². The van der Waals surface area contributed by atoms with Crippen molar-refractivity contribution in [3.8, 4) is 39.1 Å². The molecule has 0 atom stereocenters. The molecule has 1 heterocycles. The lowest BCUT2D eigenvalue weighted by Gasteiger charge is -2.26. The van der Waals surface area contributed by atoms with Gasteiger partial charge in [0.15, 0.2) is 0 Å². The van der Waals surface area contributed by atoms with Crippen LogP contribution in [-0.4, -0.2) is 4.57 Å². The largest absolute Gasteiger partial charge is 0.317 e. The quantitative estimate of drug-likeness (QED) is 0.169. The average molecular weight is 639 g/mol. The highest BCUT2D eigenvalue weighted by molar-refractivity contribution is 6.07. The van der Waals surface area contributed by atoms with Gasteiger partial charge in [-0.1, -0.05) is 140 Å². The maximum Gasteiger partial charge on any atom is 0.0534 e. The van der Waals surface area contributed by atoms with E-state index in [2.05, 4.69) is 216 Å². The topological polar surface area (TPSA) is 8.17 Å². The van der Waals surface area contributed by atoms with Crippen LogP contribution in [0.25, 0.3) is 60.7 Å². The van der Waals surface area contributed by atoms with Crippen molar-refractivity contribution in [3.63, 3.8) is 0 Å². The summed E-state index contributed by atoms with van der Waals surface area (Å²) in [5.41, 5.74) is 12.9. The Morgan fingerprint density at radius 2 is 0.720 bits per heavy atom. The minimum absolute atomic E-state index is 1.11. The van der Waals surface area contributed by atoms with Gasteiger partial charge >= 0.3 is 0 Å². The molecule has 50 heavy (non-hydrogen) atoms. The van der Waals surface area contributed by atoms with Crippen LogP contribution >= 0.6 is 0 Å². The second-order valence-corrected chi connectivity index (χ2v) is 12.7. The number of hydrogen-bond donors (Lipinski definition) is 0. The number of benzene rings is 8. The van der Waals surface area contributed by atoms with E-state index in [1.807, 2.05) is 0 Å². The van der Waals surface area contributed by atoms with Crippen LogP contribution in [-0.2, 0) is 0 Å². The van der Waals surface area contributed by atoms with Gasteiger partial charge in [0, 0.05) is 34.3 Å². The summed E-state index contributed by atoms with van der Waals surface area (Å²) in [5.74, 6) is 0. The van der Waals surface area contributed by atoms with Crippen LogP contribution in [0.3, 0.4) is 0 Å². The summed E-state index contributed by atoms with van der Waals surface area (Å²) >= 11 is 0. The van der Waals surface area contributed by atoms with E-state index in [-0.39, 0.29) is 0 Å². The molecule has 0 spiro atoms. The zero-order valence-electron chi connectivity index (χ0n) is 27.5. The normalized spacial score (nSPS) is 11.2. The number of nitrogens with zero attached hydrogens (tertiary/aromatic N) is 2. The van der Waals surface area contributed by atoms with Crippen molar-refractivity contribution in [3.05, 3.63) is 206 Å². The van der Waals surface area contributed by atoms with Gasteiger partial charge in [-0.2, -0.15) is 0 Å². The van der Waals surface area contributed by atoms with E-state index in [0.29, 0.717) is 0 Å². The van der Waals surface area contributed by atoms with Crippen molar-refractivity contribution >= 4 is 38.7 Å². The molecule has 0 fully saturated rings. The smallest absolute Gasteiger partial charge is 0.0534 e. The monoisotopic (exact) mass is 638 g/mol. The van der Waals surface area contributed by atoms with Crippen LogP contribution in [0.1, 0.15) is 0 Å². The van der Waals surface area contributed by atoms with Crippen molar-refractivity contribution in [2.24, 2.45) is 0 Å². The molecule has 0 N–H and O–H groups in total. The van der Waals surface area contributed by atoms with Crippen molar-refractivity contribution in [2.45, 2.75) is 0 Å². The molecule has 2 heteroatoms. The molecule has 0 aliphatic rings. The molecule has 8 aromatic carbocycles. The molecule has 1 aromatic heterocycles. The SMILES string of the molecule is c1ccc(-c2ccc(N(c3ccc(-c4ccccc4)cc3)c3ccc(-c4ccc(-n5ccc6c7ccccc7ccc65)cc4)cc3)cc2)cc1. The first-order valence-electron chi connectivity index (χ1n) is 17.1. The molecule has 0 saturated carbocycles. The van der Waals surface area contributed by atoms with Gasteiger partial charge in [0.1, 0.15) is 0 Å². The second kappa shape index (κ2) is 12.8. The molecule has 9 aromatic rings. The predicted octanol–water partition coefficient (Wildman–Crippen LogP) is 13.3. The molecule has 0 amide bonds. The maximum atomic E-state index is 2.33. The minimum Gasteiger partial charge on any atom is -0.317 e.